The van der Waals surface area contributed by atoms with Gasteiger partial charge in [-0.3, -0.25) is 9.59 Å². The molecule has 0 radical (unpaired) electrons. The number of halogens is 5. The van der Waals surface area contributed by atoms with Crippen molar-refractivity contribution in [2.45, 2.75) is 61.4 Å². The van der Waals surface area contributed by atoms with Gasteiger partial charge in [-0.25, -0.2) is 27.2 Å². The molecule has 2 atom stereocenters. The average molecular weight is 636 g/mol. The van der Waals surface area contributed by atoms with Gasteiger partial charge in [0.25, 0.3) is 11.8 Å². The predicted octanol–water partition coefficient (Wildman–Crippen LogP) is 4.75. The molecule has 2 aliphatic carbocycles. The van der Waals surface area contributed by atoms with Crippen LogP contribution in [0.3, 0.4) is 0 Å². The van der Waals surface area contributed by atoms with Crippen LogP contribution in [0.4, 0.5) is 33.6 Å². The topological polar surface area (TPSA) is 113 Å². The molecule has 2 saturated carbocycles. The quantitative estimate of drug-likeness (QED) is 0.356. The van der Waals surface area contributed by atoms with Crippen LogP contribution in [-0.4, -0.2) is 53.3 Å². The van der Waals surface area contributed by atoms with E-state index < -0.39 is 57.7 Å². The third-order valence-corrected chi connectivity index (χ3v) is 9.04. The first-order valence-electron chi connectivity index (χ1n) is 13.7. The second kappa shape index (κ2) is 10.5. The van der Waals surface area contributed by atoms with E-state index >= 15 is 0 Å². The summed E-state index contributed by atoms with van der Waals surface area (Å²) in [4.78, 5) is 38.1. The molecule has 6 rings (SSSR count). The molecule has 1 N–H and O–H groups in total. The molecule has 3 aliphatic rings. The molecule has 2 aromatic carbocycles. The summed E-state index contributed by atoms with van der Waals surface area (Å²) in [7, 11) is -3.60. The number of carbonyl (C=O) groups excluding carboxylic acids is 2. The standard InChI is InChI=1S/C29H26F5N5O4S/c1-44(42,43)21-8-9-22-17(10-21)15-39(26(41)23-11-28(23,30)31)24(22)25(40)37-19-12-35-27(36-13-19)38(20-6-7-20)14-16-2-4-18(5-3-16)29(32,33)34/h2-5,8-10,12-13,20,23-24H,6-7,11,14-15H2,1H3,(H,37,40)/t23-,24+/m0/s1. The first-order valence-corrected chi connectivity index (χ1v) is 15.6. The number of rotatable bonds is 8. The molecule has 2 amide bonds. The van der Waals surface area contributed by atoms with Gasteiger partial charge in [-0.2, -0.15) is 13.2 Å². The molecular formula is C29H26F5N5O4S. The summed E-state index contributed by atoms with van der Waals surface area (Å²) in [5.41, 5.74) is 0.731. The molecule has 44 heavy (non-hydrogen) atoms. The number of amides is 2. The molecule has 2 fully saturated rings. The minimum Gasteiger partial charge on any atom is -0.334 e. The predicted molar refractivity (Wildman–Crippen MR) is 147 cm³/mol. The zero-order valence-corrected chi connectivity index (χ0v) is 24.0. The summed E-state index contributed by atoms with van der Waals surface area (Å²) in [5, 5.41) is 2.63. The molecule has 3 aromatic rings. The van der Waals surface area contributed by atoms with Crippen LogP contribution >= 0.6 is 0 Å². The lowest BCUT2D eigenvalue weighted by Crippen LogP contribution is -2.38. The molecule has 0 spiro atoms. The molecule has 0 saturated heterocycles. The van der Waals surface area contributed by atoms with E-state index in [-0.39, 0.29) is 29.7 Å². The number of anilines is 2. The zero-order chi connectivity index (χ0) is 31.6. The van der Waals surface area contributed by atoms with Crippen LogP contribution < -0.4 is 10.2 Å². The number of hydrogen-bond donors (Lipinski definition) is 1. The van der Waals surface area contributed by atoms with Crippen molar-refractivity contribution in [1.29, 1.82) is 0 Å². The highest BCUT2D eigenvalue weighted by atomic mass is 32.2. The number of nitrogens with one attached hydrogen (secondary N) is 1. The SMILES string of the molecule is CS(=O)(=O)c1ccc2c(c1)CN(C(=O)[C@@H]1CC1(F)F)[C@H]2C(=O)Nc1cnc(N(Cc2ccc(C(F)(F)F)cc2)C2CC2)nc1. The Kier molecular flexibility index (Phi) is 7.13. The second-order valence-electron chi connectivity index (χ2n) is 11.3. The van der Waals surface area contributed by atoms with E-state index in [1.54, 1.807) is 0 Å². The highest BCUT2D eigenvalue weighted by Gasteiger charge is 2.63. The third-order valence-electron chi connectivity index (χ3n) is 7.93. The number of fused-ring (bicyclic) bond motifs is 1. The smallest absolute Gasteiger partial charge is 0.334 e. The second-order valence-corrected chi connectivity index (χ2v) is 13.3. The summed E-state index contributed by atoms with van der Waals surface area (Å²) in [6, 6.07) is 7.69. The Labute approximate surface area is 249 Å². The number of carbonyl (C=O) groups is 2. The van der Waals surface area contributed by atoms with Crippen molar-refractivity contribution < 1.29 is 40.0 Å². The van der Waals surface area contributed by atoms with Crippen LogP contribution in [0, 0.1) is 5.92 Å². The summed E-state index contributed by atoms with van der Waals surface area (Å²) in [6.45, 7) is 0.0592. The van der Waals surface area contributed by atoms with E-state index in [1.165, 1.54) is 42.7 Å². The zero-order valence-electron chi connectivity index (χ0n) is 23.2. The summed E-state index contributed by atoms with van der Waals surface area (Å²) < 4.78 is 90.6. The number of sulfone groups is 1. The molecule has 0 bridgehead atoms. The van der Waals surface area contributed by atoms with E-state index in [4.69, 9.17) is 0 Å². The largest absolute Gasteiger partial charge is 0.416 e. The van der Waals surface area contributed by atoms with Gasteiger partial charge in [0, 0.05) is 31.8 Å². The maximum atomic E-state index is 13.8. The van der Waals surface area contributed by atoms with Gasteiger partial charge in [0.15, 0.2) is 9.84 Å². The Morgan fingerprint density at radius 1 is 1.07 bits per heavy atom. The molecule has 9 nitrogen and oxygen atoms in total. The van der Waals surface area contributed by atoms with Gasteiger partial charge in [0.1, 0.15) is 12.0 Å². The van der Waals surface area contributed by atoms with Crippen molar-refractivity contribution in [2.24, 2.45) is 5.92 Å². The van der Waals surface area contributed by atoms with Gasteiger partial charge in [-0.05, 0) is 53.8 Å². The fourth-order valence-corrected chi connectivity index (χ4v) is 5.99. The van der Waals surface area contributed by atoms with E-state index in [9.17, 15) is 40.0 Å². The Morgan fingerprint density at radius 3 is 2.25 bits per heavy atom. The lowest BCUT2D eigenvalue weighted by molar-refractivity contribution is -0.141. The van der Waals surface area contributed by atoms with Gasteiger partial charge in [0.2, 0.25) is 11.9 Å². The minimum absolute atomic E-state index is 0.0260. The van der Waals surface area contributed by atoms with Crippen molar-refractivity contribution in [1.82, 2.24) is 14.9 Å². The lowest BCUT2D eigenvalue weighted by Gasteiger charge is -2.25. The molecular weight excluding hydrogens is 609 g/mol. The maximum Gasteiger partial charge on any atom is 0.416 e. The van der Waals surface area contributed by atoms with Crippen LogP contribution in [0.2, 0.25) is 0 Å². The van der Waals surface area contributed by atoms with E-state index in [2.05, 4.69) is 15.3 Å². The molecule has 2 heterocycles. The monoisotopic (exact) mass is 635 g/mol. The van der Waals surface area contributed by atoms with Gasteiger partial charge in [-0.1, -0.05) is 18.2 Å². The van der Waals surface area contributed by atoms with E-state index in [1.807, 2.05) is 4.90 Å². The molecule has 15 heteroatoms. The number of aromatic nitrogens is 2. The third kappa shape index (κ3) is 5.97. The normalized spacial score (nSPS) is 20.6. The number of benzene rings is 2. The van der Waals surface area contributed by atoms with Gasteiger partial charge >= 0.3 is 6.18 Å². The average Bonchev–Trinajstić information content (AvgIpc) is 3.86. The van der Waals surface area contributed by atoms with Gasteiger partial charge in [-0.15, -0.1) is 0 Å². The highest BCUT2D eigenvalue weighted by Crippen LogP contribution is 2.51. The van der Waals surface area contributed by atoms with Crippen molar-refractivity contribution in [3.8, 4) is 0 Å². The minimum atomic E-state index is -4.44. The molecule has 1 aromatic heterocycles. The summed E-state index contributed by atoms with van der Waals surface area (Å²) in [5.74, 6) is -6.03. The van der Waals surface area contributed by atoms with Crippen molar-refractivity contribution in [3.05, 3.63) is 77.1 Å². The van der Waals surface area contributed by atoms with Gasteiger partial charge < -0.3 is 15.1 Å². The van der Waals surface area contributed by atoms with Crippen LogP contribution in [0.15, 0.2) is 59.8 Å². The van der Waals surface area contributed by atoms with Gasteiger partial charge in [0.05, 0.1) is 28.5 Å². The fourth-order valence-electron chi connectivity index (χ4n) is 5.32. The Bertz CT molecular complexity index is 1730. The number of nitrogens with zero attached hydrogens (tertiary/aromatic N) is 4. The van der Waals surface area contributed by atoms with Crippen molar-refractivity contribution >= 4 is 33.3 Å². The van der Waals surface area contributed by atoms with Crippen LogP contribution in [-0.2, 0) is 38.7 Å². The number of hydrogen-bond acceptors (Lipinski definition) is 7. The maximum absolute atomic E-state index is 13.8. The number of alkyl halides is 5. The van der Waals surface area contributed by atoms with E-state index in [0.717, 1.165) is 36.1 Å². The summed E-state index contributed by atoms with van der Waals surface area (Å²) in [6.07, 6.45) is 0.340. The first-order chi connectivity index (χ1) is 20.6. The first kappa shape index (κ1) is 29.9. The van der Waals surface area contributed by atoms with Crippen LogP contribution in [0.25, 0.3) is 0 Å². The Morgan fingerprint density at radius 2 is 1.70 bits per heavy atom. The molecule has 1 aliphatic heterocycles. The fraction of sp³-hybridized carbons (Fsp3) is 0.379. The molecule has 232 valence electrons. The Balaban J connectivity index is 1.20. The van der Waals surface area contributed by atoms with Crippen molar-refractivity contribution in [2.75, 3.05) is 16.5 Å². The highest BCUT2D eigenvalue weighted by molar-refractivity contribution is 7.90. The van der Waals surface area contributed by atoms with E-state index in [0.29, 0.717) is 22.6 Å². The van der Waals surface area contributed by atoms with Crippen LogP contribution in [0.5, 0.6) is 0 Å². The van der Waals surface area contributed by atoms with Crippen LogP contribution in [0.1, 0.15) is 47.6 Å². The summed E-state index contributed by atoms with van der Waals surface area (Å²) >= 11 is 0. The Hall–Kier alpha value is -4.14. The lowest BCUT2D eigenvalue weighted by atomic mass is 10.0. The molecule has 0 unspecified atom stereocenters. The van der Waals surface area contributed by atoms with Crippen molar-refractivity contribution in [3.63, 3.8) is 0 Å².